The van der Waals surface area contributed by atoms with Gasteiger partial charge in [-0.1, -0.05) is 26.8 Å². The molecule has 1 saturated heterocycles. The van der Waals surface area contributed by atoms with Gasteiger partial charge >= 0.3 is 0 Å². The van der Waals surface area contributed by atoms with Crippen molar-refractivity contribution in [2.45, 2.75) is 40.2 Å². The molecule has 0 atom stereocenters. The van der Waals surface area contributed by atoms with Crippen LogP contribution in [-0.4, -0.2) is 62.2 Å². The summed E-state index contributed by atoms with van der Waals surface area (Å²) in [7, 11) is 1.81. The first-order valence-electron chi connectivity index (χ1n) is 9.99. The minimum absolute atomic E-state index is 0. The fourth-order valence-electron chi connectivity index (χ4n) is 3.13. The Labute approximate surface area is 182 Å². The zero-order chi connectivity index (χ0) is 18.8. The van der Waals surface area contributed by atoms with Gasteiger partial charge in [0.1, 0.15) is 5.82 Å². The van der Waals surface area contributed by atoms with E-state index in [0.717, 1.165) is 63.5 Å². The molecule has 1 aliphatic rings. The number of piperazine rings is 1. The summed E-state index contributed by atoms with van der Waals surface area (Å²) in [6.45, 7) is 13.9. The van der Waals surface area contributed by atoms with Crippen molar-refractivity contribution in [1.29, 1.82) is 0 Å². The lowest BCUT2D eigenvalue weighted by Crippen LogP contribution is -2.46. The average molecular weight is 488 g/mol. The molecule has 0 unspecified atom stereocenters. The Hall–Kier alpha value is -1.09. The van der Waals surface area contributed by atoms with E-state index >= 15 is 0 Å². The molecule has 0 bridgehead atoms. The number of halogens is 1. The van der Waals surface area contributed by atoms with Crippen LogP contribution in [0.2, 0.25) is 0 Å². The maximum absolute atomic E-state index is 4.66. The number of nitrogens with one attached hydrogen (secondary N) is 2. The van der Waals surface area contributed by atoms with E-state index in [2.05, 4.69) is 63.3 Å². The second-order valence-corrected chi connectivity index (χ2v) is 7.33. The van der Waals surface area contributed by atoms with Gasteiger partial charge in [-0.05, 0) is 36.9 Å². The van der Waals surface area contributed by atoms with Crippen LogP contribution < -0.4 is 15.5 Å². The van der Waals surface area contributed by atoms with Crippen LogP contribution >= 0.6 is 24.0 Å². The molecule has 0 saturated carbocycles. The lowest BCUT2D eigenvalue weighted by Gasteiger charge is -2.34. The van der Waals surface area contributed by atoms with E-state index in [9.17, 15) is 0 Å². The van der Waals surface area contributed by atoms with E-state index in [1.165, 1.54) is 18.4 Å². The number of hydrogen-bond donors (Lipinski definition) is 2. The second-order valence-electron chi connectivity index (χ2n) is 7.33. The molecular formula is C20H37IN6. The fraction of sp³-hybridized carbons (Fsp3) is 0.700. The van der Waals surface area contributed by atoms with Crippen LogP contribution in [0.1, 0.15) is 39.2 Å². The standard InChI is InChI=1S/C20H36N6.HI/c1-5-25-11-13-26(14-12-25)19-9-8-18(15-23-19)16-24-20(21-4)22-10-6-7-17(2)3;/h8-9,15,17H,5-7,10-14,16H2,1-4H3,(H2,21,22,24);1H. The third kappa shape index (κ3) is 8.64. The number of hydrogen-bond acceptors (Lipinski definition) is 4. The highest BCUT2D eigenvalue weighted by molar-refractivity contribution is 14.0. The average Bonchev–Trinajstić information content (AvgIpc) is 2.68. The predicted molar refractivity (Wildman–Crippen MR) is 126 cm³/mol. The Kier molecular flexibility index (Phi) is 11.7. The molecule has 0 aromatic carbocycles. The number of aliphatic imine (C=N–C) groups is 1. The van der Waals surface area contributed by atoms with Crippen molar-refractivity contribution in [3.8, 4) is 0 Å². The Balaban J connectivity index is 0.00000364. The number of aromatic nitrogens is 1. The summed E-state index contributed by atoms with van der Waals surface area (Å²) in [6.07, 6.45) is 4.38. The van der Waals surface area contributed by atoms with Crippen molar-refractivity contribution >= 4 is 35.8 Å². The first-order valence-corrected chi connectivity index (χ1v) is 9.99. The molecule has 0 spiro atoms. The molecule has 1 aromatic rings. The van der Waals surface area contributed by atoms with Crippen molar-refractivity contribution in [2.75, 3.05) is 51.2 Å². The SMILES string of the molecule is CCN1CCN(c2ccc(CNC(=NC)NCCCC(C)C)cn2)CC1.I. The number of guanidine groups is 1. The van der Waals surface area contributed by atoms with E-state index < -0.39 is 0 Å². The number of likely N-dealkylation sites (N-methyl/N-ethyl adjacent to an activating group) is 1. The van der Waals surface area contributed by atoms with Gasteiger partial charge in [-0.25, -0.2) is 4.98 Å². The van der Waals surface area contributed by atoms with Crippen molar-refractivity contribution in [2.24, 2.45) is 10.9 Å². The van der Waals surface area contributed by atoms with Crippen LogP contribution in [0.25, 0.3) is 0 Å². The lowest BCUT2D eigenvalue weighted by molar-refractivity contribution is 0.270. The van der Waals surface area contributed by atoms with Crippen LogP contribution in [0.3, 0.4) is 0 Å². The maximum Gasteiger partial charge on any atom is 0.191 e. The van der Waals surface area contributed by atoms with Gasteiger partial charge in [0.25, 0.3) is 0 Å². The molecule has 1 fully saturated rings. The van der Waals surface area contributed by atoms with Crippen molar-refractivity contribution in [1.82, 2.24) is 20.5 Å². The van der Waals surface area contributed by atoms with Crippen molar-refractivity contribution in [3.63, 3.8) is 0 Å². The smallest absolute Gasteiger partial charge is 0.191 e. The highest BCUT2D eigenvalue weighted by atomic mass is 127. The minimum Gasteiger partial charge on any atom is -0.356 e. The molecule has 1 aromatic heterocycles. The van der Waals surface area contributed by atoms with E-state index in [1.54, 1.807) is 0 Å². The largest absolute Gasteiger partial charge is 0.356 e. The molecule has 27 heavy (non-hydrogen) atoms. The summed E-state index contributed by atoms with van der Waals surface area (Å²) < 4.78 is 0. The quantitative estimate of drug-likeness (QED) is 0.255. The maximum atomic E-state index is 4.66. The van der Waals surface area contributed by atoms with Gasteiger partial charge in [0.15, 0.2) is 5.96 Å². The highest BCUT2D eigenvalue weighted by Gasteiger charge is 2.16. The van der Waals surface area contributed by atoms with Crippen LogP contribution in [0, 0.1) is 5.92 Å². The molecule has 0 amide bonds. The lowest BCUT2D eigenvalue weighted by atomic mass is 10.1. The summed E-state index contributed by atoms with van der Waals surface area (Å²) in [4.78, 5) is 13.8. The predicted octanol–water partition coefficient (Wildman–Crippen LogP) is 2.94. The minimum atomic E-state index is 0. The van der Waals surface area contributed by atoms with E-state index in [-0.39, 0.29) is 24.0 Å². The van der Waals surface area contributed by atoms with Crippen LogP contribution in [0.4, 0.5) is 5.82 Å². The summed E-state index contributed by atoms with van der Waals surface area (Å²) in [5, 5.41) is 6.74. The molecule has 0 radical (unpaired) electrons. The summed E-state index contributed by atoms with van der Waals surface area (Å²) in [6, 6.07) is 4.30. The van der Waals surface area contributed by atoms with Gasteiger partial charge in [0.05, 0.1) is 0 Å². The molecule has 7 heteroatoms. The number of pyridine rings is 1. The van der Waals surface area contributed by atoms with E-state index in [1.807, 2.05) is 13.2 Å². The van der Waals surface area contributed by atoms with Crippen molar-refractivity contribution in [3.05, 3.63) is 23.9 Å². The van der Waals surface area contributed by atoms with Crippen LogP contribution in [0.5, 0.6) is 0 Å². The molecule has 2 heterocycles. The normalized spacial score (nSPS) is 15.6. The molecule has 2 rings (SSSR count). The third-order valence-corrected chi connectivity index (χ3v) is 4.89. The summed E-state index contributed by atoms with van der Waals surface area (Å²) in [5.41, 5.74) is 1.17. The summed E-state index contributed by atoms with van der Waals surface area (Å²) in [5.74, 6) is 2.69. The Bertz CT molecular complexity index is 538. The Morgan fingerprint density at radius 2 is 1.93 bits per heavy atom. The zero-order valence-electron chi connectivity index (χ0n) is 17.4. The topological polar surface area (TPSA) is 55.8 Å². The second kappa shape index (κ2) is 13.1. The highest BCUT2D eigenvalue weighted by Crippen LogP contribution is 2.14. The van der Waals surface area contributed by atoms with Crippen molar-refractivity contribution < 1.29 is 0 Å². The van der Waals surface area contributed by atoms with Gasteiger partial charge in [0.2, 0.25) is 0 Å². The van der Waals surface area contributed by atoms with E-state index in [0.29, 0.717) is 0 Å². The first kappa shape index (κ1) is 23.9. The van der Waals surface area contributed by atoms with Gasteiger partial charge in [-0.15, -0.1) is 24.0 Å². The molecule has 6 nitrogen and oxygen atoms in total. The van der Waals surface area contributed by atoms with Gasteiger partial charge < -0.3 is 20.4 Å². The Morgan fingerprint density at radius 3 is 2.48 bits per heavy atom. The molecular weight excluding hydrogens is 451 g/mol. The van der Waals surface area contributed by atoms with Crippen LogP contribution in [0.15, 0.2) is 23.3 Å². The Morgan fingerprint density at radius 1 is 1.19 bits per heavy atom. The summed E-state index contributed by atoms with van der Waals surface area (Å²) >= 11 is 0. The molecule has 2 N–H and O–H groups in total. The van der Waals surface area contributed by atoms with E-state index in [4.69, 9.17) is 0 Å². The molecule has 0 aliphatic carbocycles. The zero-order valence-corrected chi connectivity index (χ0v) is 19.7. The van der Waals surface area contributed by atoms with Gasteiger partial charge in [0, 0.05) is 52.5 Å². The fourth-order valence-corrected chi connectivity index (χ4v) is 3.13. The van der Waals surface area contributed by atoms with Gasteiger partial charge in [-0.3, -0.25) is 4.99 Å². The number of rotatable bonds is 8. The van der Waals surface area contributed by atoms with Crippen LogP contribution in [-0.2, 0) is 6.54 Å². The number of anilines is 1. The number of nitrogens with zero attached hydrogens (tertiary/aromatic N) is 4. The molecule has 154 valence electrons. The monoisotopic (exact) mass is 488 g/mol. The van der Waals surface area contributed by atoms with Gasteiger partial charge in [-0.2, -0.15) is 0 Å². The first-order chi connectivity index (χ1) is 12.6. The molecule has 1 aliphatic heterocycles. The third-order valence-electron chi connectivity index (χ3n) is 4.89.